The Labute approximate surface area is 68.9 Å². The second kappa shape index (κ2) is 3.88. The van der Waals surface area contributed by atoms with Crippen molar-refractivity contribution in [2.24, 2.45) is 0 Å². The Morgan fingerprint density at radius 1 is 1.82 bits per heavy atom. The summed E-state index contributed by atoms with van der Waals surface area (Å²) in [4.78, 5) is 10.9. The molecule has 1 rings (SSSR count). The highest BCUT2D eigenvalue weighted by atomic mass is 32.1. The molecule has 1 amide bonds. The van der Waals surface area contributed by atoms with E-state index in [2.05, 4.69) is 9.69 Å². The van der Waals surface area contributed by atoms with Gasteiger partial charge in [-0.05, 0) is 24.5 Å². The van der Waals surface area contributed by atoms with Crippen molar-refractivity contribution in [2.75, 3.05) is 5.32 Å². The van der Waals surface area contributed by atoms with Crippen molar-refractivity contribution in [1.82, 2.24) is 4.37 Å². The van der Waals surface area contributed by atoms with Gasteiger partial charge >= 0.3 is 0 Å². The number of hydrogen-bond acceptors (Lipinski definition) is 3. The van der Waals surface area contributed by atoms with Crippen LogP contribution in [0.1, 0.15) is 6.92 Å². The monoisotopic (exact) mass is 168 g/mol. The largest absolute Gasteiger partial charge is 0.320 e. The number of anilines is 1. The third-order valence-corrected chi connectivity index (χ3v) is 1.60. The molecular weight excluding hydrogens is 160 g/mol. The second-order valence-electron chi connectivity index (χ2n) is 1.90. The van der Waals surface area contributed by atoms with Crippen molar-refractivity contribution >= 4 is 23.1 Å². The number of allylic oxidation sites excluding steroid dienone is 1. The van der Waals surface area contributed by atoms with Crippen LogP contribution in [-0.4, -0.2) is 10.3 Å². The van der Waals surface area contributed by atoms with Crippen molar-refractivity contribution in [3.63, 3.8) is 0 Å². The van der Waals surface area contributed by atoms with Crippen molar-refractivity contribution in [1.29, 1.82) is 0 Å². The zero-order chi connectivity index (χ0) is 8.10. The fraction of sp³-hybridized carbons (Fsp3) is 0.143. The number of hydrogen-bond donors (Lipinski definition) is 1. The van der Waals surface area contributed by atoms with E-state index in [9.17, 15) is 4.79 Å². The molecule has 0 radical (unpaired) electrons. The summed E-state index contributed by atoms with van der Waals surface area (Å²) in [6.45, 7) is 1.80. The standard InChI is InChI=1S/C7H8N2OS/c1-2-3-7(10)9-6-4-8-11-5-6/h2-5H,1H3,(H,9,10)/b3-2+. The molecule has 0 aromatic carbocycles. The van der Waals surface area contributed by atoms with E-state index in [4.69, 9.17) is 0 Å². The van der Waals surface area contributed by atoms with Crippen LogP contribution in [-0.2, 0) is 4.79 Å². The summed E-state index contributed by atoms with van der Waals surface area (Å²) < 4.78 is 3.84. The van der Waals surface area contributed by atoms with E-state index < -0.39 is 0 Å². The van der Waals surface area contributed by atoms with Crippen LogP contribution >= 0.6 is 11.5 Å². The minimum atomic E-state index is -0.118. The summed E-state index contributed by atoms with van der Waals surface area (Å²) in [6, 6.07) is 0. The van der Waals surface area contributed by atoms with Crippen molar-refractivity contribution in [3.05, 3.63) is 23.7 Å². The third kappa shape index (κ3) is 2.51. The normalized spacial score (nSPS) is 10.3. The summed E-state index contributed by atoms with van der Waals surface area (Å²) in [5.74, 6) is -0.118. The van der Waals surface area contributed by atoms with Gasteiger partial charge in [-0.1, -0.05) is 6.08 Å². The van der Waals surface area contributed by atoms with Crippen LogP contribution < -0.4 is 5.32 Å². The molecule has 0 atom stereocenters. The van der Waals surface area contributed by atoms with Crippen LogP contribution in [0.5, 0.6) is 0 Å². The van der Waals surface area contributed by atoms with E-state index in [1.165, 1.54) is 17.6 Å². The van der Waals surface area contributed by atoms with Crippen LogP contribution in [0.15, 0.2) is 23.7 Å². The first kappa shape index (κ1) is 7.94. The molecule has 0 saturated carbocycles. The maximum Gasteiger partial charge on any atom is 0.248 e. The van der Waals surface area contributed by atoms with Crippen LogP contribution in [0.25, 0.3) is 0 Å². The highest BCUT2D eigenvalue weighted by Gasteiger charge is 1.96. The van der Waals surface area contributed by atoms with Gasteiger partial charge in [0, 0.05) is 5.38 Å². The molecule has 0 spiro atoms. The molecule has 0 fully saturated rings. The third-order valence-electron chi connectivity index (χ3n) is 1.02. The molecule has 1 aromatic heterocycles. The number of nitrogens with one attached hydrogen (secondary N) is 1. The first-order valence-corrected chi connectivity index (χ1v) is 3.99. The lowest BCUT2D eigenvalue weighted by Gasteiger charge is -1.93. The SMILES string of the molecule is C/C=C/C(=O)Nc1cnsc1. The topological polar surface area (TPSA) is 42.0 Å². The number of nitrogens with zero attached hydrogens (tertiary/aromatic N) is 1. The van der Waals surface area contributed by atoms with Crippen LogP contribution in [0.2, 0.25) is 0 Å². The number of carbonyl (C=O) groups is 1. The lowest BCUT2D eigenvalue weighted by molar-refractivity contribution is -0.111. The number of rotatable bonds is 2. The molecule has 0 aliphatic carbocycles. The van der Waals surface area contributed by atoms with Gasteiger partial charge in [-0.2, -0.15) is 4.37 Å². The summed E-state index contributed by atoms with van der Waals surface area (Å²) in [6.07, 6.45) is 4.78. The molecule has 4 heteroatoms. The molecule has 0 unspecified atom stereocenters. The van der Waals surface area contributed by atoms with Gasteiger partial charge in [0.05, 0.1) is 11.9 Å². The molecule has 3 nitrogen and oxygen atoms in total. The summed E-state index contributed by atoms with van der Waals surface area (Å²) in [5.41, 5.74) is 0.748. The van der Waals surface area contributed by atoms with Gasteiger partial charge < -0.3 is 5.32 Å². The fourth-order valence-corrected chi connectivity index (χ4v) is 1.07. The first-order chi connectivity index (χ1) is 5.33. The number of amides is 1. The zero-order valence-corrected chi connectivity index (χ0v) is 6.89. The second-order valence-corrected chi connectivity index (χ2v) is 2.56. The molecular formula is C7H8N2OS. The van der Waals surface area contributed by atoms with Crippen LogP contribution in [0, 0.1) is 0 Å². The van der Waals surface area contributed by atoms with Crippen LogP contribution in [0.3, 0.4) is 0 Å². The van der Waals surface area contributed by atoms with Crippen molar-refractivity contribution < 1.29 is 4.79 Å². The maximum atomic E-state index is 10.9. The average Bonchev–Trinajstić information content (AvgIpc) is 2.40. The van der Waals surface area contributed by atoms with Gasteiger partial charge in [-0.25, -0.2) is 0 Å². The van der Waals surface area contributed by atoms with Crippen molar-refractivity contribution in [2.45, 2.75) is 6.92 Å². The van der Waals surface area contributed by atoms with E-state index in [1.54, 1.807) is 24.6 Å². The lowest BCUT2D eigenvalue weighted by Crippen LogP contribution is -2.06. The Bertz CT molecular complexity index is 253. The first-order valence-electron chi connectivity index (χ1n) is 3.16. The van der Waals surface area contributed by atoms with Gasteiger partial charge in [0.15, 0.2) is 0 Å². The highest BCUT2D eigenvalue weighted by Crippen LogP contribution is 2.07. The van der Waals surface area contributed by atoms with E-state index >= 15 is 0 Å². The summed E-state index contributed by atoms with van der Waals surface area (Å²) in [5, 5.41) is 4.42. The van der Waals surface area contributed by atoms with E-state index in [0.29, 0.717) is 0 Å². The molecule has 1 aromatic rings. The summed E-state index contributed by atoms with van der Waals surface area (Å²) in [7, 11) is 0. The highest BCUT2D eigenvalue weighted by molar-refractivity contribution is 7.04. The van der Waals surface area contributed by atoms with Gasteiger partial charge in [-0.3, -0.25) is 4.79 Å². The predicted octanol–water partition coefficient (Wildman–Crippen LogP) is 1.66. The lowest BCUT2D eigenvalue weighted by atomic mass is 10.4. The Hall–Kier alpha value is -1.16. The zero-order valence-electron chi connectivity index (χ0n) is 6.07. The Balaban J connectivity index is 2.50. The molecule has 0 aliphatic heterocycles. The van der Waals surface area contributed by atoms with Crippen molar-refractivity contribution in [3.8, 4) is 0 Å². The van der Waals surface area contributed by atoms with Crippen LogP contribution in [0.4, 0.5) is 5.69 Å². The molecule has 1 N–H and O–H groups in total. The summed E-state index contributed by atoms with van der Waals surface area (Å²) >= 11 is 1.31. The van der Waals surface area contributed by atoms with Gasteiger partial charge in [-0.15, -0.1) is 0 Å². The Kier molecular flexibility index (Phi) is 2.80. The molecule has 0 saturated heterocycles. The molecule has 0 bridgehead atoms. The minimum Gasteiger partial charge on any atom is -0.320 e. The number of aromatic nitrogens is 1. The number of carbonyl (C=O) groups excluding carboxylic acids is 1. The van der Waals surface area contributed by atoms with E-state index in [0.717, 1.165) is 5.69 Å². The molecule has 0 aliphatic rings. The average molecular weight is 168 g/mol. The minimum absolute atomic E-state index is 0.118. The Morgan fingerprint density at radius 2 is 2.64 bits per heavy atom. The molecule has 1 heterocycles. The van der Waals surface area contributed by atoms with Gasteiger partial charge in [0.25, 0.3) is 0 Å². The van der Waals surface area contributed by atoms with E-state index in [1.807, 2.05) is 0 Å². The van der Waals surface area contributed by atoms with E-state index in [-0.39, 0.29) is 5.91 Å². The Morgan fingerprint density at radius 3 is 3.18 bits per heavy atom. The van der Waals surface area contributed by atoms with Gasteiger partial charge in [0.2, 0.25) is 5.91 Å². The molecule has 58 valence electrons. The predicted molar refractivity (Wildman–Crippen MR) is 45.6 cm³/mol. The quantitative estimate of drug-likeness (QED) is 0.682. The maximum absolute atomic E-state index is 10.9. The fourth-order valence-electron chi connectivity index (χ4n) is 0.602. The molecule has 11 heavy (non-hydrogen) atoms. The smallest absolute Gasteiger partial charge is 0.248 e. The van der Waals surface area contributed by atoms with Gasteiger partial charge in [0.1, 0.15) is 0 Å².